The fourth-order valence-electron chi connectivity index (χ4n) is 2.54. The van der Waals surface area contributed by atoms with Gasteiger partial charge in [-0.25, -0.2) is 0 Å². The van der Waals surface area contributed by atoms with Crippen molar-refractivity contribution >= 4 is 0 Å². The minimum absolute atomic E-state index is 0.277. The van der Waals surface area contributed by atoms with E-state index in [-0.39, 0.29) is 6.04 Å². The molecule has 0 unspecified atom stereocenters. The summed E-state index contributed by atoms with van der Waals surface area (Å²) in [5.74, 6) is 0.867. The Morgan fingerprint density at radius 2 is 1.64 bits per heavy atom. The molecule has 1 N–H and O–H groups in total. The molecule has 1 atom stereocenters. The van der Waals surface area contributed by atoms with Gasteiger partial charge < -0.3 is 9.84 Å². The van der Waals surface area contributed by atoms with Crippen LogP contribution in [0.4, 0.5) is 0 Å². The quantitative estimate of drug-likeness (QED) is 0.752. The second-order valence-electron chi connectivity index (χ2n) is 5.45. The predicted molar refractivity (Wildman–Crippen MR) is 88.4 cm³/mol. The van der Waals surface area contributed by atoms with Crippen LogP contribution in [0.25, 0.3) is 11.3 Å². The SMILES string of the molecule is Cc1onc(-c2ccccc2)c1CN[C@H](C)c1ccccc1. The fraction of sp³-hybridized carbons (Fsp3) is 0.211. The summed E-state index contributed by atoms with van der Waals surface area (Å²) in [6.07, 6.45) is 0. The van der Waals surface area contributed by atoms with E-state index < -0.39 is 0 Å². The number of rotatable bonds is 5. The van der Waals surface area contributed by atoms with Crippen molar-refractivity contribution in [3.8, 4) is 11.3 Å². The lowest BCUT2D eigenvalue weighted by Gasteiger charge is -2.14. The van der Waals surface area contributed by atoms with Crippen molar-refractivity contribution in [1.29, 1.82) is 0 Å². The summed E-state index contributed by atoms with van der Waals surface area (Å²) in [6.45, 7) is 4.86. The van der Waals surface area contributed by atoms with Gasteiger partial charge in [0.1, 0.15) is 11.5 Å². The number of aromatic nitrogens is 1. The molecule has 3 rings (SSSR count). The van der Waals surface area contributed by atoms with Gasteiger partial charge in [-0.15, -0.1) is 0 Å². The molecular weight excluding hydrogens is 272 g/mol. The number of benzene rings is 2. The van der Waals surface area contributed by atoms with Gasteiger partial charge in [0, 0.05) is 23.7 Å². The first-order chi connectivity index (χ1) is 10.8. The molecule has 0 aliphatic rings. The largest absolute Gasteiger partial charge is 0.361 e. The number of aryl methyl sites for hydroxylation is 1. The molecule has 22 heavy (non-hydrogen) atoms. The van der Waals surface area contributed by atoms with Crippen LogP contribution in [-0.4, -0.2) is 5.16 Å². The first-order valence-electron chi connectivity index (χ1n) is 7.54. The molecular formula is C19H20N2O. The summed E-state index contributed by atoms with van der Waals surface area (Å²) in [4.78, 5) is 0. The molecule has 0 bridgehead atoms. The van der Waals surface area contributed by atoms with E-state index in [1.54, 1.807) is 0 Å². The van der Waals surface area contributed by atoms with E-state index in [4.69, 9.17) is 4.52 Å². The Hall–Kier alpha value is -2.39. The standard InChI is InChI=1S/C19H20N2O/c1-14(16-9-5-3-6-10-16)20-13-18-15(2)22-21-19(18)17-11-7-4-8-12-17/h3-12,14,20H,13H2,1-2H3/t14-/m1/s1. The van der Waals surface area contributed by atoms with Crippen molar-refractivity contribution in [2.45, 2.75) is 26.4 Å². The van der Waals surface area contributed by atoms with Gasteiger partial charge in [-0.2, -0.15) is 0 Å². The Labute approximate surface area is 131 Å². The number of hydrogen-bond donors (Lipinski definition) is 1. The van der Waals surface area contributed by atoms with Gasteiger partial charge in [-0.05, 0) is 19.4 Å². The topological polar surface area (TPSA) is 38.1 Å². The van der Waals surface area contributed by atoms with Crippen molar-refractivity contribution in [2.24, 2.45) is 0 Å². The second-order valence-corrected chi connectivity index (χ2v) is 5.45. The first kappa shape index (κ1) is 14.5. The molecule has 0 saturated heterocycles. The molecule has 0 fully saturated rings. The van der Waals surface area contributed by atoms with Gasteiger partial charge in [0.2, 0.25) is 0 Å². The van der Waals surface area contributed by atoms with E-state index in [1.807, 2.05) is 31.2 Å². The van der Waals surface area contributed by atoms with E-state index in [1.165, 1.54) is 5.56 Å². The van der Waals surface area contributed by atoms with Crippen LogP contribution < -0.4 is 5.32 Å². The number of nitrogens with one attached hydrogen (secondary N) is 1. The Bertz CT molecular complexity index is 720. The van der Waals surface area contributed by atoms with Gasteiger partial charge in [0.15, 0.2) is 0 Å². The zero-order valence-electron chi connectivity index (χ0n) is 12.9. The highest BCUT2D eigenvalue weighted by Gasteiger charge is 2.15. The molecule has 0 aliphatic carbocycles. The maximum atomic E-state index is 5.40. The van der Waals surface area contributed by atoms with E-state index >= 15 is 0 Å². The molecule has 3 aromatic rings. The zero-order valence-corrected chi connectivity index (χ0v) is 12.9. The third kappa shape index (κ3) is 3.10. The van der Waals surface area contributed by atoms with Crippen LogP contribution in [0.15, 0.2) is 65.2 Å². The fourth-order valence-corrected chi connectivity index (χ4v) is 2.54. The van der Waals surface area contributed by atoms with Crippen LogP contribution in [0.1, 0.15) is 29.9 Å². The highest BCUT2D eigenvalue weighted by molar-refractivity contribution is 5.63. The molecule has 3 nitrogen and oxygen atoms in total. The summed E-state index contributed by atoms with van der Waals surface area (Å²) in [7, 11) is 0. The van der Waals surface area contributed by atoms with Crippen LogP contribution in [0, 0.1) is 6.92 Å². The normalized spacial score (nSPS) is 12.3. The van der Waals surface area contributed by atoms with Crippen LogP contribution in [0.3, 0.4) is 0 Å². The lowest BCUT2D eigenvalue weighted by atomic mass is 10.0. The highest BCUT2D eigenvalue weighted by atomic mass is 16.5. The Morgan fingerprint density at radius 3 is 2.32 bits per heavy atom. The third-order valence-corrected chi connectivity index (χ3v) is 3.92. The minimum Gasteiger partial charge on any atom is -0.361 e. The van der Waals surface area contributed by atoms with Crippen molar-refractivity contribution in [2.75, 3.05) is 0 Å². The third-order valence-electron chi connectivity index (χ3n) is 3.92. The van der Waals surface area contributed by atoms with Gasteiger partial charge in [-0.3, -0.25) is 0 Å². The van der Waals surface area contributed by atoms with Crippen molar-refractivity contribution in [3.05, 3.63) is 77.6 Å². The average Bonchev–Trinajstić information content (AvgIpc) is 2.95. The van der Waals surface area contributed by atoms with Crippen molar-refractivity contribution in [1.82, 2.24) is 10.5 Å². The molecule has 0 aliphatic heterocycles. The van der Waals surface area contributed by atoms with Gasteiger partial charge >= 0.3 is 0 Å². The Morgan fingerprint density at radius 1 is 1.00 bits per heavy atom. The smallest absolute Gasteiger partial charge is 0.138 e. The van der Waals surface area contributed by atoms with Crippen LogP contribution in [0.5, 0.6) is 0 Å². The molecule has 0 radical (unpaired) electrons. The maximum Gasteiger partial charge on any atom is 0.138 e. The van der Waals surface area contributed by atoms with E-state index in [2.05, 4.69) is 53.8 Å². The minimum atomic E-state index is 0.277. The Balaban J connectivity index is 1.77. The summed E-state index contributed by atoms with van der Waals surface area (Å²) >= 11 is 0. The second kappa shape index (κ2) is 6.58. The van der Waals surface area contributed by atoms with E-state index in [0.29, 0.717) is 0 Å². The Kier molecular flexibility index (Phi) is 4.35. The summed E-state index contributed by atoms with van der Waals surface area (Å²) in [5, 5.41) is 7.77. The van der Waals surface area contributed by atoms with Gasteiger partial charge in [0.05, 0.1) is 0 Å². The van der Waals surface area contributed by atoms with Crippen molar-refractivity contribution < 1.29 is 4.52 Å². The molecule has 112 valence electrons. The average molecular weight is 292 g/mol. The summed E-state index contributed by atoms with van der Waals surface area (Å²) in [5.41, 5.74) is 4.40. The first-order valence-corrected chi connectivity index (χ1v) is 7.54. The number of hydrogen-bond acceptors (Lipinski definition) is 3. The molecule has 0 amide bonds. The van der Waals surface area contributed by atoms with Crippen LogP contribution in [-0.2, 0) is 6.54 Å². The highest BCUT2D eigenvalue weighted by Crippen LogP contribution is 2.25. The van der Waals surface area contributed by atoms with Gasteiger partial charge in [-0.1, -0.05) is 65.8 Å². The molecule has 3 heteroatoms. The van der Waals surface area contributed by atoms with Gasteiger partial charge in [0.25, 0.3) is 0 Å². The lowest BCUT2D eigenvalue weighted by Crippen LogP contribution is -2.18. The summed E-state index contributed by atoms with van der Waals surface area (Å²) < 4.78 is 5.40. The van der Waals surface area contributed by atoms with Crippen molar-refractivity contribution in [3.63, 3.8) is 0 Å². The maximum absolute atomic E-state index is 5.40. The predicted octanol–water partition coefficient (Wildman–Crippen LogP) is 4.50. The molecule has 1 aromatic heterocycles. The summed E-state index contributed by atoms with van der Waals surface area (Å²) in [6, 6.07) is 20.9. The van der Waals surface area contributed by atoms with E-state index in [9.17, 15) is 0 Å². The van der Waals surface area contributed by atoms with E-state index in [0.717, 1.165) is 29.1 Å². The molecule has 1 heterocycles. The molecule has 0 spiro atoms. The molecule has 2 aromatic carbocycles. The monoisotopic (exact) mass is 292 g/mol. The molecule has 0 saturated carbocycles. The lowest BCUT2D eigenvalue weighted by molar-refractivity contribution is 0.397. The van der Waals surface area contributed by atoms with Crippen LogP contribution >= 0.6 is 0 Å². The number of nitrogens with zero attached hydrogens (tertiary/aromatic N) is 1. The van der Waals surface area contributed by atoms with Crippen LogP contribution in [0.2, 0.25) is 0 Å². The zero-order chi connectivity index (χ0) is 15.4.